The minimum absolute atomic E-state index is 0.163. The minimum atomic E-state index is -1.03. The number of aromatic carboxylic acids is 1. The molecule has 8 heteroatoms. The quantitative estimate of drug-likeness (QED) is 0.806. The molecule has 0 aliphatic heterocycles. The third-order valence-corrected chi connectivity index (χ3v) is 3.34. The van der Waals surface area contributed by atoms with E-state index in [1.54, 1.807) is 19.9 Å². The number of benzene rings is 1. The van der Waals surface area contributed by atoms with E-state index in [1.165, 1.54) is 22.9 Å². The van der Waals surface area contributed by atoms with E-state index in [2.05, 4.69) is 20.8 Å². The number of hydrogen-bond donors (Lipinski definition) is 3. The molecule has 0 saturated heterocycles. The lowest BCUT2D eigenvalue weighted by Crippen LogP contribution is -2.20. The van der Waals surface area contributed by atoms with Crippen LogP contribution in [0.1, 0.15) is 21.5 Å². The number of amides is 2. The maximum atomic E-state index is 11.7. The fourth-order valence-corrected chi connectivity index (χ4v) is 2.08. The van der Waals surface area contributed by atoms with Crippen LogP contribution in [0.25, 0.3) is 0 Å². The van der Waals surface area contributed by atoms with Crippen LogP contribution in [-0.4, -0.2) is 27.3 Å². The first kappa shape index (κ1) is 13.9. The number of aryl methyl sites for hydroxylation is 1. The van der Waals surface area contributed by atoms with Crippen molar-refractivity contribution >= 4 is 34.2 Å². The van der Waals surface area contributed by atoms with E-state index < -0.39 is 12.0 Å². The van der Waals surface area contributed by atoms with Gasteiger partial charge in [-0.3, -0.25) is 5.32 Å². The van der Waals surface area contributed by atoms with Gasteiger partial charge in [0.2, 0.25) is 5.13 Å². The molecule has 2 aromatic rings. The standard InChI is InChI=1S/C12H12N4O3S/c1-6-3-8(4-9(7(6)2)10(17)18)14-11(19)15-12-16-13-5-20-12/h3-5H,1-2H3,(H,17,18)(H2,14,15,16,19). The Hall–Kier alpha value is -2.48. The van der Waals surface area contributed by atoms with Gasteiger partial charge in [-0.2, -0.15) is 0 Å². The molecule has 1 heterocycles. The molecule has 2 rings (SSSR count). The summed E-state index contributed by atoms with van der Waals surface area (Å²) in [4.78, 5) is 22.8. The van der Waals surface area contributed by atoms with Gasteiger partial charge in [-0.15, -0.1) is 10.2 Å². The number of carbonyl (C=O) groups excluding carboxylic acids is 1. The van der Waals surface area contributed by atoms with Crippen molar-refractivity contribution in [3.8, 4) is 0 Å². The van der Waals surface area contributed by atoms with Crippen molar-refractivity contribution in [2.24, 2.45) is 0 Å². The molecule has 2 amide bonds. The van der Waals surface area contributed by atoms with Gasteiger partial charge in [0.1, 0.15) is 5.51 Å². The first-order chi connectivity index (χ1) is 9.47. The zero-order valence-corrected chi connectivity index (χ0v) is 11.6. The molecule has 0 unspecified atom stereocenters. The molecule has 7 nitrogen and oxygen atoms in total. The van der Waals surface area contributed by atoms with Gasteiger partial charge in [0.25, 0.3) is 0 Å². The fraction of sp³-hybridized carbons (Fsp3) is 0.167. The highest BCUT2D eigenvalue weighted by atomic mass is 32.1. The Morgan fingerprint density at radius 3 is 2.60 bits per heavy atom. The third-order valence-electron chi connectivity index (χ3n) is 2.74. The van der Waals surface area contributed by atoms with Crippen LogP contribution in [0.4, 0.5) is 15.6 Å². The molecule has 0 spiro atoms. The normalized spacial score (nSPS) is 10.1. The number of carboxylic acid groups (broad SMARTS) is 1. The third kappa shape index (κ3) is 3.09. The predicted molar refractivity (Wildman–Crippen MR) is 75.4 cm³/mol. The fourth-order valence-electron chi connectivity index (χ4n) is 1.64. The number of rotatable bonds is 3. The zero-order valence-electron chi connectivity index (χ0n) is 10.8. The topological polar surface area (TPSA) is 104 Å². The first-order valence-corrected chi connectivity index (χ1v) is 6.54. The summed E-state index contributed by atoms with van der Waals surface area (Å²) in [6, 6.07) is 2.63. The van der Waals surface area contributed by atoms with Gasteiger partial charge < -0.3 is 10.4 Å². The smallest absolute Gasteiger partial charge is 0.336 e. The van der Waals surface area contributed by atoms with Gasteiger partial charge in [0, 0.05) is 5.69 Å². The average Bonchev–Trinajstić information content (AvgIpc) is 2.85. The number of hydrogen-bond acceptors (Lipinski definition) is 5. The Morgan fingerprint density at radius 1 is 1.25 bits per heavy atom. The summed E-state index contributed by atoms with van der Waals surface area (Å²) in [6.45, 7) is 3.51. The SMILES string of the molecule is Cc1cc(NC(=O)Nc2nncs2)cc(C(=O)O)c1C. The Bertz CT molecular complexity index is 655. The van der Waals surface area contributed by atoms with Crippen molar-refractivity contribution < 1.29 is 14.7 Å². The second-order valence-electron chi connectivity index (χ2n) is 4.09. The number of urea groups is 1. The van der Waals surface area contributed by atoms with Crippen molar-refractivity contribution in [3.05, 3.63) is 34.3 Å². The van der Waals surface area contributed by atoms with Crippen LogP contribution in [0.15, 0.2) is 17.6 Å². The number of carbonyl (C=O) groups is 2. The Morgan fingerprint density at radius 2 is 2.00 bits per heavy atom. The Kier molecular flexibility index (Phi) is 3.94. The van der Waals surface area contributed by atoms with E-state index >= 15 is 0 Å². The first-order valence-electron chi connectivity index (χ1n) is 5.66. The van der Waals surface area contributed by atoms with Gasteiger partial charge in [-0.1, -0.05) is 11.3 Å². The van der Waals surface area contributed by atoms with Gasteiger partial charge >= 0.3 is 12.0 Å². The summed E-state index contributed by atoms with van der Waals surface area (Å²) in [5, 5.41) is 21.8. The molecule has 104 valence electrons. The highest BCUT2D eigenvalue weighted by Crippen LogP contribution is 2.20. The molecule has 20 heavy (non-hydrogen) atoms. The van der Waals surface area contributed by atoms with E-state index in [9.17, 15) is 9.59 Å². The van der Waals surface area contributed by atoms with Crippen LogP contribution in [0.5, 0.6) is 0 Å². The van der Waals surface area contributed by atoms with Gasteiger partial charge in [0.05, 0.1) is 5.56 Å². The summed E-state index contributed by atoms with van der Waals surface area (Å²) < 4.78 is 0. The molecule has 1 aromatic heterocycles. The monoisotopic (exact) mass is 292 g/mol. The van der Waals surface area contributed by atoms with Crippen LogP contribution in [0.2, 0.25) is 0 Å². The maximum absolute atomic E-state index is 11.7. The molecular formula is C12H12N4O3S. The van der Waals surface area contributed by atoms with Crippen LogP contribution in [0.3, 0.4) is 0 Å². The lowest BCUT2D eigenvalue weighted by Gasteiger charge is -2.10. The number of anilines is 2. The number of carboxylic acids is 1. The molecule has 1 aromatic carbocycles. The predicted octanol–water partition coefficient (Wildman–Crippen LogP) is 2.50. The molecule has 3 N–H and O–H groups in total. The van der Waals surface area contributed by atoms with Gasteiger partial charge in [0.15, 0.2) is 0 Å². The van der Waals surface area contributed by atoms with Crippen LogP contribution in [-0.2, 0) is 0 Å². The second-order valence-corrected chi connectivity index (χ2v) is 4.93. The van der Waals surface area contributed by atoms with E-state index in [1.807, 2.05) is 0 Å². The molecule has 0 fully saturated rings. The highest BCUT2D eigenvalue weighted by molar-refractivity contribution is 7.13. The number of aromatic nitrogens is 2. The van der Waals surface area contributed by atoms with Gasteiger partial charge in [-0.05, 0) is 37.1 Å². The number of nitrogens with zero attached hydrogens (tertiary/aromatic N) is 2. The molecule has 0 aliphatic carbocycles. The van der Waals surface area contributed by atoms with Crippen LogP contribution < -0.4 is 10.6 Å². The molecular weight excluding hydrogens is 280 g/mol. The highest BCUT2D eigenvalue weighted by Gasteiger charge is 2.12. The van der Waals surface area contributed by atoms with Crippen molar-refractivity contribution in [3.63, 3.8) is 0 Å². The minimum Gasteiger partial charge on any atom is -0.478 e. The molecule has 0 saturated carbocycles. The molecule has 0 bridgehead atoms. The summed E-state index contributed by atoms with van der Waals surface area (Å²) in [5.41, 5.74) is 3.53. The van der Waals surface area contributed by atoms with E-state index in [4.69, 9.17) is 5.11 Å². The van der Waals surface area contributed by atoms with E-state index in [0.29, 0.717) is 16.4 Å². The summed E-state index contributed by atoms with van der Waals surface area (Å²) in [6.07, 6.45) is 0. The van der Waals surface area contributed by atoms with E-state index in [-0.39, 0.29) is 5.56 Å². The van der Waals surface area contributed by atoms with Gasteiger partial charge in [-0.25, -0.2) is 9.59 Å². The zero-order chi connectivity index (χ0) is 14.7. The van der Waals surface area contributed by atoms with Crippen molar-refractivity contribution in [1.29, 1.82) is 0 Å². The van der Waals surface area contributed by atoms with Crippen molar-refractivity contribution in [1.82, 2.24) is 10.2 Å². The average molecular weight is 292 g/mol. The van der Waals surface area contributed by atoms with E-state index in [0.717, 1.165) is 5.56 Å². The maximum Gasteiger partial charge on any atom is 0.336 e. The Balaban J connectivity index is 2.17. The lowest BCUT2D eigenvalue weighted by molar-refractivity contribution is 0.0696. The van der Waals surface area contributed by atoms with Crippen LogP contribution >= 0.6 is 11.3 Å². The number of nitrogens with one attached hydrogen (secondary N) is 2. The summed E-state index contributed by atoms with van der Waals surface area (Å²) >= 11 is 1.19. The summed E-state index contributed by atoms with van der Waals surface area (Å²) in [7, 11) is 0. The molecule has 0 radical (unpaired) electrons. The summed E-state index contributed by atoms with van der Waals surface area (Å²) in [5.74, 6) is -1.03. The molecule has 0 atom stereocenters. The largest absolute Gasteiger partial charge is 0.478 e. The Labute approximate surface area is 118 Å². The second kappa shape index (κ2) is 5.66. The lowest BCUT2D eigenvalue weighted by atomic mass is 10.0. The molecule has 0 aliphatic rings. The van der Waals surface area contributed by atoms with Crippen LogP contribution in [0, 0.1) is 13.8 Å². The van der Waals surface area contributed by atoms with Crippen molar-refractivity contribution in [2.45, 2.75) is 13.8 Å². The van der Waals surface area contributed by atoms with Crippen molar-refractivity contribution in [2.75, 3.05) is 10.6 Å².